The summed E-state index contributed by atoms with van der Waals surface area (Å²) >= 11 is 0. The van der Waals surface area contributed by atoms with Crippen LogP contribution in [-0.4, -0.2) is 61.3 Å². The molecule has 11 heteroatoms. The lowest BCUT2D eigenvalue weighted by molar-refractivity contribution is -0.384. The molecule has 0 radical (unpaired) electrons. The van der Waals surface area contributed by atoms with Crippen LogP contribution in [0.15, 0.2) is 24.3 Å². The molecule has 0 spiro atoms. The lowest BCUT2D eigenvalue weighted by atomic mass is 9.82. The molecule has 1 saturated heterocycles. The minimum absolute atomic E-state index is 0.00435. The zero-order chi connectivity index (χ0) is 30.1. The largest absolute Gasteiger partial charge is 0.461 e. The van der Waals surface area contributed by atoms with Gasteiger partial charge in [0, 0.05) is 18.2 Å². The molecular weight excluding hydrogens is 532 g/mol. The number of benzene rings is 1. The number of β-lactam (4-membered cyclic amide) rings is 1. The first-order valence-corrected chi connectivity index (χ1v) is 19.5. The van der Waals surface area contributed by atoms with Gasteiger partial charge in [-0.25, -0.2) is 0 Å². The summed E-state index contributed by atoms with van der Waals surface area (Å²) in [5.74, 6) is -0.864. The van der Waals surface area contributed by atoms with Gasteiger partial charge in [-0.1, -0.05) is 54.6 Å². The predicted octanol–water partition coefficient (Wildman–Crippen LogP) is 6.02. The van der Waals surface area contributed by atoms with E-state index in [1.54, 1.807) is 0 Å². The van der Waals surface area contributed by atoms with Gasteiger partial charge in [0.15, 0.2) is 16.6 Å². The van der Waals surface area contributed by atoms with Gasteiger partial charge in [-0.3, -0.25) is 19.7 Å². The third-order valence-electron chi connectivity index (χ3n) is 8.96. The number of nitrogens with zero attached hydrogens (tertiary/aromatic N) is 2. The minimum atomic E-state index is -2.25. The fourth-order valence-electron chi connectivity index (χ4n) is 4.59. The molecule has 2 rings (SSSR count). The van der Waals surface area contributed by atoms with Gasteiger partial charge in [0.2, 0.25) is 5.91 Å². The fraction of sp³-hybridized carbons (Fsp3) is 0.714. The molecule has 0 aromatic heterocycles. The van der Waals surface area contributed by atoms with Gasteiger partial charge in [0.25, 0.3) is 5.69 Å². The van der Waals surface area contributed by atoms with Gasteiger partial charge in [0.1, 0.15) is 6.61 Å². The third kappa shape index (κ3) is 7.56. The monoisotopic (exact) mass is 580 g/mol. The van der Waals surface area contributed by atoms with Crippen LogP contribution in [0.2, 0.25) is 36.3 Å². The number of esters is 1. The second-order valence-electron chi connectivity index (χ2n) is 13.9. The second-order valence-corrected chi connectivity index (χ2v) is 23.7. The highest BCUT2D eigenvalue weighted by Crippen LogP contribution is 2.48. The topological polar surface area (TPSA) is 119 Å². The number of hydrogen-bond donors (Lipinski definition) is 1. The zero-order valence-electron chi connectivity index (χ0n) is 25.5. The Balaban J connectivity index is 2.14. The number of nitro groups is 1. The van der Waals surface area contributed by atoms with Crippen LogP contribution < -0.4 is 0 Å². The summed E-state index contributed by atoms with van der Waals surface area (Å²) in [6, 6.07) is 5.55. The van der Waals surface area contributed by atoms with E-state index in [1.807, 2.05) is 11.5 Å². The molecule has 1 aliphatic rings. The predicted molar refractivity (Wildman–Crippen MR) is 157 cm³/mol. The van der Waals surface area contributed by atoms with Gasteiger partial charge in [-0.2, -0.15) is 0 Å². The van der Waals surface area contributed by atoms with E-state index in [2.05, 4.69) is 67.7 Å². The van der Waals surface area contributed by atoms with E-state index >= 15 is 0 Å². The van der Waals surface area contributed by atoms with Crippen LogP contribution in [0.25, 0.3) is 0 Å². The van der Waals surface area contributed by atoms with Crippen LogP contribution in [0.3, 0.4) is 0 Å². The summed E-state index contributed by atoms with van der Waals surface area (Å²) < 4.78 is 13.9. The molecule has 1 N–H and O–H groups in total. The van der Waals surface area contributed by atoms with Gasteiger partial charge in [0.05, 0.1) is 29.5 Å². The summed E-state index contributed by atoms with van der Waals surface area (Å²) in [6.45, 7) is 23.6. The van der Waals surface area contributed by atoms with Crippen molar-refractivity contribution in [2.24, 2.45) is 5.92 Å². The van der Waals surface area contributed by atoms with E-state index in [-0.39, 0.29) is 59.2 Å². The lowest BCUT2D eigenvalue weighted by Gasteiger charge is -2.60. The smallest absolute Gasteiger partial charge is 0.308 e. The average molecular weight is 581 g/mol. The highest BCUT2D eigenvalue weighted by atomic mass is 28.4. The van der Waals surface area contributed by atoms with Crippen LogP contribution >= 0.6 is 0 Å². The van der Waals surface area contributed by atoms with Crippen molar-refractivity contribution < 1.29 is 28.8 Å². The first-order chi connectivity index (χ1) is 17.6. The first kappa shape index (κ1) is 33.1. The van der Waals surface area contributed by atoms with E-state index < -0.39 is 33.5 Å². The number of rotatable bonds is 11. The van der Waals surface area contributed by atoms with Crippen LogP contribution in [0.4, 0.5) is 5.69 Å². The van der Waals surface area contributed by atoms with Crippen LogP contribution in [0, 0.1) is 16.0 Å². The zero-order valence-corrected chi connectivity index (χ0v) is 27.5. The quantitative estimate of drug-likeness (QED) is 0.112. The van der Waals surface area contributed by atoms with Crippen molar-refractivity contribution in [1.82, 2.24) is 4.57 Å². The number of amides is 1. The van der Waals surface area contributed by atoms with Gasteiger partial charge in [-0.15, -0.1) is 0 Å². The molecular formula is C28H48N2O7Si2. The number of aliphatic hydroxyl groups is 1. The highest BCUT2D eigenvalue weighted by Gasteiger charge is 2.59. The molecule has 0 bridgehead atoms. The minimum Gasteiger partial charge on any atom is -0.461 e. The maximum Gasteiger partial charge on any atom is 0.308 e. The van der Waals surface area contributed by atoms with Crippen molar-refractivity contribution in [3.63, 3.8) is 0 Å². The molecule has 0 saturated carbocycles. The summed E-state index contributed by atoms with van der Waals surface area (Å²) in [7, 11) is -4.37. The molecule has 1 aromatic carbocycles. The first-order valence-electron chi connectivity index (χ1n) is 13.7. The van der Waals surface area contributed by atoms with E-state index in [9.17, 15) is 24.8 Å². The van der Waals surface area contributed by atoms with E-state index in [1.165, 1.54) is 24.3 Å². The second kappa shape index (κ2) is 11.8. The van der Waals surface area contributed by atoms with Gasteiger partial charge < -0.3 is 18.8 Å². The number of carbonyl (C=O) groups excluding carboxylic acids is 2. The Morgan fingerprint density at radius 2 is 1.62 bits per heavy atom. The van der Waals surface area contributed by atoms with Crippen LogP contribution in [-0.2, 0) is 25.4 Å². The Bertz CT molecular complexity index is 1050. The van der Waals surface area contributed by atoms with Crippen molar-refractivity contribution in [1.29, 1.82) is 0 Å². The summed E-state index contributed by atoms with van der Waals surface area (Å²) in [4.78, 5) is 36.5. The Morgan fingerprint density at radius 3 is 2.08 bits per heavy atom. The average Bonchev–Trinajstić information content (AvgIpc) is 2.75. The Morgan fingerprint density at radius 1 is 1.08 bits per heavy atom. The maximum absolute atomic E-state index is 13.7. The van der Waals surface area contributed by atoms with E-state index in [4.69, 9.17) is 9.16 Å². The van der Waals surface area contributed by atoms with Crippen LogP contribution in [0.1, 0.15) is 66.9 Å². The summed E-state index contributed by atoms with van der Waals surface area (Å²) in [6.07, 6.45) is -1.22. The molecule has 39 heavy (non-hydrogen) atoms. The SMILES string of the molecule is CC(O[Si](C)(C)C(C)(C)C)C1C(=O)N([Si](C)(C)C(C)(C)C)C1CC(O)CC(=O)OCc1ccc([N+](=O)[O-])cc1. The van der Waals surface area contributed by atoms with Crippen molar-refractivity contribution in [3.05, 3.63) is 39.9 Å². The molecule has 9 nitrogen and oxygen atoms in total. The molecule has 4 atom stereocenters. The Labute approximate surface area is 235 Å². The van der Waals surface area contributed by atoms with Gasteiger partial charge in [-0.05, 0) is 54.2 Å². The third-order valence-corrected chi connectivity index (χ3v) is 19.0. The van der Waals surface area contributed by atoms with E-state index in [0.717, 1.165) is 0 Å². The Hall–Kier alpha value is -2.09. The molecule has 0 aliphatic carbocycles. The van der Waals surface area contributed by atoms with Crippen molar-refractivity contribution in [2.75, 3.05) is 0 Å². The lowest BCUT2D eigenvalue weighted by Crippen LogP contribution is -2.75. The Kier molecular flexibility index (Phi) is 10.0. The molecule has 1 aromatic rings. The van der Waals surface area contributed by atoms with Crippen LogP contribution in [0.5, 0.6) is 0 Å². The molecule has 1 aliphatic heterocycles. The summed E-state index contributed by atoms with van der Waals surface area (Å²) in [5.41, 5.74) is 0.581. The van der Waals surface area contributed by atoms with Crippen molar-refractivity contribution >= 4 is 34.1 Å². The number of non-ortho nitro benzene ring substituents is 1. The van der Waals surface area contributed by atoms with Crippen molar-refractivity contribution in [3.8, 4) is 0 Å². The van der Waals surface area contributed by atoms with Crippen molar-refractivity contribution in [2.45, 2.75) is 122 Å². The highest BCUT2D eigenvalue weighted by molar-refractivity contribution is 6.80. The maximum atomic E-state index is 13.7. The molecule has 1 fully saturated rings. The van der Waals surface area contributed by atoms with Gasteiger partial charge >= 0.3 is 5.97 Å². The summed E-state index contributed by atoms with van der Waals surface area (Å²) in [5, 5.41) is 21.7. The number of carbonyl (C=O) groups is 2. The fourth-order valence-corrected chi connectivity index (χ4v) is 8.54. The molecule has 220 valence electrons. The van der Waals surface area contributed by atoms with E-state index in [0.29, 0.717) is 5.56 Å². The standard InChI is InChI=1S/C28H48N2O7Si2/c1-19(37-39(10,11)28(5,6)7)25-23(29(26(25)33)38(8,9)27(2,3)4)16-22(31)17-24(32)36-18-20-12-14-21(15-13-20)30(34)35/h12-15,19,22-23,25,31H,16-18H2,1-11H3. The molecule has 1 heterocycles. The number of aliphatic hydroxyl groups excluding tert-OH is 1. The number of nitro benzene ring substituents is 1. The molecule has 4 unspecified atom stereocenters. The normalized spacial score (nSPS) is 20.3. The molecule has 1 amide bonds. The number of hydrogen-bond acceptors (Lipinski definition) is 7. The number of ether oxygens (including phenoxy) is 1.